The maximum absolute atomic E-state index is 6.40. The van der Waals surface area contributed by atoms with Crippen molar-refractivity contribution in [3.8, 4) is 0 Å². The van der Waals surface area contributed by atoms with Gasteiger partial charge in [0.2, 0.25) is 5.79 Å². The highest BCUT2D eigenvalue weighted by Gasteiger charge is 2.69. The summed E-state index contributed by atoms with van der Waals surface area (Å²) < 4.78 is 12.7. The average molecular weight is 308 g/mol. The average Bonchev–Trinajstić information content (AvgIpc) is 2.71. The van der Waals surface area contributed by atoms with Crippen LogP contribution < -0.4 is 0 Å². The van der Waals surface area contributed by atoms with Crippen LogP contribution in [0.25, 0.3) is 0 Å². The third-order valence-corrected chi connectivity index (χ3v) is 6.69. The SMILES string of the molecule is C=CC[C@H]1O[C@@H]2O[C@@]3(C)CC[C@H]4[C@H](C)CCC([C@H]1C)[C@@]24OO3. The fourth-order valence-corrected chi connectivity index (χ4v) is 5.41. The molecule has 4 heteroatoms. The third-order valence-electron chi connectivity index (χ3n) is 6.69. The summed E-state index contributed by atoms with van der Waals surface area (Å²) in [6.07, 6.45) is 7.06. The lowest BCUT2D eigenvalue weighted by molar-refractivity contribution is -0.571. The maximum Gasteiger partial charge on any atom is 0.201 e. The van der Waals surface area contributed by atoms with Crippen LogP contribution in [-0.2, 0) is 19.2 Å². The molecule has 0 N–H and O–H groups in total. The molecule has 0 radical (unpaired) electrons. The van der Waals surface area contributed by atoms with Crippen LogP contribution in [0.15, 0.2) is 12.7 Å². The molecule has 5 rings (SSSR count). The first-order valence-corrected chi connectivity index (χ1v) is 8.81. The first kappa shape index (κ1) is 15.1. The van der Waals surface area contributed by atoms with Gasteiger partial charge in [0, 0.05) is 12.3 Å². The van der Waals surface area contributed by atoms with Crippen molar-refractivity contribution < 1.29 is 19.2 Å². The molecule has 1 aliphatic carbocycles. The molecule has 4 heterocycles. The van der Waals surface area contributed by atoms with Crippen molar-refractivity contribution in [3.63, 3.8) is 0 Å². The highest BCUT2D eigenvalue weighted by atomic mass is 17.3. The van der Waals surface area contributed by atoms with Gasteiger partial charge in [-0.15, -0.1) is 6.58 Å². The molecule has 1 unspecified atom stereocenters. The van der Waals surface area contributed by atoms with Crippen LogP contribution in [0.2, 0.25) is 0 Å². The zero-order valence-corrected chi connectivity index (χ0v) is 13.9. The molecular weight excluding hydrogens is 280 g/mol. The van der Waals surface area contributed by atoms with E-state index in [4.69, 9.17) is 19.2 Å². The van der Waals surface area contributed by atoms with E-state index in [1.54, 1.807) is 0 Å². The number of fused-ring (bicyclic) bond motifs is 2. The van der Waals surface area contributed by atoms with Gasteiger partial charge in [-0.25, -0.2) is 9.78 Å². The van der Waals surface area contributed by atoms with E-state index in [0.717, 1.165) is 25.7 Å². The van der Waals surface area contributed by atoms with Gasteiger partial charge in [0.05, 0.1) is 6.10 Å². The van der Waals surface area contributed by atoms with Crippen molar-refractivity contribution >= 4 is 0 Å². The van der Waals surface area contributed by atoms with Crippen molar-refractivity contribution in [2.75, 3.05) is 0 Å². The number of hydrogen-bond donors (Lipinski definition) is 0. The second kappa shape index (κ2) is 5.04. The van der Waals surface area contributed by atoms with E-state index in [1.807, 2.05) is 13.0 Å². The molecule has 0 aromatic rings. The highest BCUT2D eigenvalue weighted by Crippen LogP contribution is 2.60. The first-order valence-electron chi connectivity index (χ1n) is 8.81. The van der Waals surface area contributed by atoms with Crippen LogP contribution in [0.4, 0.5) is 0 Å². The largest absolute Gasteiger partial charge is 0.346 e. The Labute approximate surface area is 133 Å². The highest BCUT2D eigenvalue weighted by molar-refractivity contribution is 5.10. The molecule has 4 saturated heterocycles. The summed E-state index contributed by atoms with van der Waals surface area (Å²) in [4.78, 5) is 11.9. The predicted octanol–water partition coefficient (Wildman–Crippen LogP) is 3.81. The van der Waals surface area contributed by atoms with Crippen LogP contribution in [0.1, 0.15) is 52.9 Å². The Morgan fingerprint density at radius 1 is 1.14 bits per heavy atom. The monoisotopic (exact) mass is 308 g/mol. The van der Waals surface area contributed by atoms with E-state index in [-0.39, 0.29) is 12.4 Å². The fourth-order valence-electron chi connectivity index (χ4n) is 5.41. The van der Waals surface area contributed by atoms with E-state index in [0.29, 0.717) is 23.7 Å². The van der Waals surface area contributed by atoms with E-state index >= 15 is 0 Å². The molecule has 124 valence electrons. The summed E-state index contributed by atoms with van der Waals surface area (Å²) in [5.41, 5.74) is -0.426. The molecule has 5 aliphatic rings. The minimum Gasteiger partial charge on any atom is -0.346 e. The van der Waals surface area contributed by atoms with Gasteiger partial charge in [0.25, 0.3) is 0 Å². The first-order chi connectivity index (χ1) is 10.5. The van der Waals surface area contributed by atoms with Gasteiger partial charge in [0.15, 0.2) is 11.9 Å². The summed E-state index contributed by atoms with van der Waals surface area (Å²) in [6.45, 7) is 10.5. The van der Waals surface area contributed by atoms with Crippen molar-refractivity contribution in [2.45, 2.75) is 76.7 Å². The number of ether oxygens (including phenoxy) is 2. The van der Waals surface area contributed by atoms with Gasteiger partial charge in [-0.05, 0) is 50.4 Å². The fraction of sp³-hybridized carbons (Fsp3) is 0.889. The summed E-state index contributed by atoms with van der Waals surface area (Å²) in [7, 11) is 0. The van der Waals surface area contributed by atoms with E-state index in [1.165, 1.54) is 6.42 Å². The van der Waals surface area contributed by atoms with Gasteiger partial charge < -0.3 is 9.47 Å². The Kier molecular flexibility index (Phi) is 3.46. The zero-order chi connectivity index (χ0) is 15.5. The van der Waals surface area contributed by atoms with Gasteiger partial charge in [-0.1, -0.05) is 19.9 Å². The Hall–Kier alpha value is -0.420. The van der Waals surface area contributed by atoms with Crippen LogP contribution in [0.3, 0.4) is 0 Å². The molecule has 4 nitrogen and oxygen atoms in total. The van der Waals surface area contributed by atoms with Gasteiger partial charge in [0.1, 0.15) is 0 Å². The quantitative estimate of drug-likeness (QED) is 0.574. The topological polar surface area (TPSA) is 36.9 Å². The molecule has 0 aromatic carbocycles. The Balaban J connectivity index is 1.77. The van der Waals surface area contributed by atoms with Gasteiger partial charge >= 0.3 is 0 Å². The van der Waals surface area contributed by atoms with Crippen molar-refractivity contribution in [2.24, 2.45) is 23.7 Å². The van der Waals surface area contributed by atoms with Crippen molar-refractivity contribution in [3.05, 3.63) is 12.7 Å². The van der Waals surface area contributed by atoms with E-state index in [2.05, 4.69) is 20.4 Å². The minimum absolute atomic E-state index is 0.165. The van der Waals surface area contributed by atoms with Crippen LogP contribution in [0.5, 0.6) is 0 Å². The number of hydrogen-bond acceptors (Lipinski definition) is 4. The number of rotatable bonds is 2. The molecule has 0 aromatic heterocycles. The predicted molar refractivity (Wildman–Crippen MR) is 81.6 cm³/mol. The molecule has 2 bridgehead atoms. The van der Waals surface area contributed by atoms with Gasteiger partial charge in [-0.2, -0.15) is 0 Å². The van der Waals surface area contributed by atoms with Crippen LogP contribution >= 0.6 is 0 Å². The van der Waals surface area contributed by atoms with Gasteiger partial charge in [-0.3, -0.25) is 0 Å². The molecule has 0 amide bonds. The molecule has 8 atom stereocenters. The summed E-state index contributed by atoms with van der Waals surface area (Å²) in [5, 5.41) is 0. The zero-order valence-electron chi connectivity index (χ0n) is 13.9. The molecular formula is C18H28O4. The Morgan fingerprint density at radius 2 is 1.95 bits per heavy atom. The Bertz CT molecular complexity index is 466. The van der Waals surface area contributed by atoms with E-state index < -0.39 is 11.4 Å². The van der Waals surface area contributed by atoms with Crippen LogP contribution in [-0.4, -0.2) is 23.8 Å². The molecule has 5 fully saturated rings. The van der Waals surface area contributed by atoms with Crippen molar-refractivity contribution in [1.82, 2.24) is 0 Å². The summed E-state index contributed by atoms with van der Waals surface area (Å²) in [5.74, 6) is 1.27. The minimum atomic E-state index is -0.670. The lowest BCUT2D eigenvalue weighted by atomic mass is 9.57. The second-order valence-corrected chi connectivity index (χ2v) is 7.97. The second-order valence-electron chi connectivity index (χ2n) is 7.97. The molecule has 4 aliphatic heterocycles. The van der Waals surface area contributed by atoms with Crippen molar-refractivity contribution in [1.29, 1.82) is 0 Å². The standard InChI is InChI=1S/C18H28O4/c1-5-6-15-12(3)14-8-7-11(2)13-9-10-17(4)20-16(19-15)18(13,14)22-21-17/h5,11-16H,1,6-10H2,2-4H3/t11-,12-,13+,14?,15-,16-,17-,18-/m1/s1. The van der Waals surface area contributed by atoms with E-state index in [9.17, 15) is 0 Å². The lowest BCUT2D eigenvalue weighted by Gasteiger charge is -2.60. The summed E-state index contributed by atoms with van der Waals surface area (Å²) in [6, 6.07) is 0. The Morgan fingerprint density at radius 3 is 2.73 bits per heavy atom. The molecule has 22 heavy (non-hydrogen) atoms. The van der Waals surface area contributed by atoms with Crippen LogP contribution in [0, 0.1) is 23.7 Å². The normalized spacial score (nSPS) is 57.0. The molecule has 1 saturated carbocycles. The lowest BCUT2D eigenvalue weighted by Crippen LogP contribution is -2.70. The third kappa shape index (κ3) is 1.90. The maximum atomic E-state index is 6.40. The summed E-state index contributed by atoms with van der Waals surface area (Å²) >= 11 is 0. The molecule has 1 spiro atoms. The smallest absolute Gasteiger partial charge is 0.201 e.